The lowest BCUT2D eigenvalue weighted by molar-refractivity contribution is -0.146. The Bertz CT molecular complexity index is 1570. The monoisotopic (exact) mass is 608 g/mol. The molecule has 0 fully saturated rings. The van der Waals surface area contributed by atoms with Crippen molar-refractivity contribution in [3.05, 3.63) is 80.3 Å². The number of hydrogen-bond acceptors (Lipinski definition) is 9. The van der Waals surface area contributed by atoms with Gasteiger partial charge in [0.25, 0.3) is 0 Å². The number of ether oxygens (including phenoxy) is 4. The lowest BCUT2D eigenvalue weighted by atomic mass is 9.98. The summed E-state index contributed by atoms with van der Waals surface area (Å²) in [5, 5.41) is 10.1. The zero-order chi connectivity index (χ0) is 29.3. The second-order valence-electron chi connectivity index (χ2n) is 9.02. The topological polar surface area (TPSA) is 97.6 Å². The van der Waals surface area contributed by atoms with E-state index in [9.17, 15) is 18.0 Å². The van der Waals surface area contributed by atoms with Gasteiger partial charge in [0.15, 0.2) is 17.3 Å². The second kappa shape index (κ2) is 11.7. The van der Waals surface area contributed by atoms with E-state index in [2.05, 4.69) is 19.9 Å². The van der Waals surface area contributed by atoms with E-state index in [0.717, 1.165) is 4.57 Å². The minimum absolute atomic E-state index is 0.0448. The molecule has 5 rings (SSSR count). The number of methoxy groups -OCH3 is 3. The first-order chi connectivity index (χ1) is 19.6. The SMILES string of the molecule is COC(=O)CCc1csc(CC2OC(c3cccc(OC)c3OC)c3cc(Cl)ccc3-n3c2nnc3C(F)(F)F)n1. The number of alkyl halides is 3. The molecule has 4 aromatic rings. The van der Waals surface area contributed by atoms with Gasteiger partial charge in [0.1, 0.15) is 12.2 Å². The number of para-hydroxylation sites is 1. The van der Waals surface area contributed by atoms with Crippen LogP contribution >= 0.6 is 22.9 Å². The average Bonchev–Trinajstić information content (AvgIpc) is 3.58. The van der Waals surface area contributed by atoms with Gasteiger partial charge in [-0.25, -0.2) is 4.98 Å². The molecule has 3 heterocycles. The summed E-state index contributed by atoms with van der Waals surface area (Å²) in [7, 11) is 4.26. The molecule has 1 aliphatic rings. The van der Waals surface area contributed by atoms with Crippen LogP contribution in [0.25, 0.3) is 5.69 Å². The first kappa shape index (κ1) is 28.8. The van der Waals surface area contributed by atoms with Gasteiger partial charge in [-0.3, -0.25) is 9.36 Å². The van der Waals surface area contributed by atoms with Crippen LogP contribution in [0.2, 0.25) is 5.02 Å². The van der Waals surface area contributed by atoms with Gasteiger partial charge < -0.3 is 18.9 Å². The molecule has 1 aliphatic heterocycles. The van der Waals surface area contributed by atoms with Crippen LogP contribution in [-0.4, -0.2) is 47.0 Å². The maximum absolute atomic E-state index is 14.2. The van der Waals surface area contributed by atoms with Gasteiger partial charge >= 0.3 is 12.1 Å². The maximum Gasteiger partial charge on any atom is 0.452 e. The Morgan fingerprint density at radius 1 is 1.12 bits per heavy atom. The lowest BCUT2D eigenvalue weighted by Gasteiger charge is -2.24. The Morgan fingerprint density at radius 3 is 2.63 bits per heavy atom. The van der Waals surface area contributed by atoms with E-state index in [-0.39, 0.29) is 30.3 Å². The maximum atomic E-state index is 14.2. The molecule has 0 aliphatic carbocycles. The van der Waals surface area contributed by atoms with Gasteiger partial charge in [-0.2, -0.15) is 13.2 Å². The average molecular weight is 609 g/mol. The van der Waals surface area contributed by atoms with Crippen LogP contribution in [0.4, 0.5) is 13.2 Å². The van der Waals surface area contributed by atoms with Crippen LogP contribution in [0.5, 0.6) is 11.5 Å². The smallest absolute Gasteiger partial charge is 0.452 e. The van der Waals surface area contributed by atoms with Crippen molar-refractivity contribution in [1.29, 1.82) is 0 Å². The van der Waals surface area contributed by atoms with Crippen LogP contribution in [0.15, 0.2) is 41.8 Å². The molecule has 0 N–H and O–H groups in total. The molecular weight excluding hydrogens is 585 g/mol. The van der Waals surface area contributed by atoms with Gasteiger partial charge in [-0.15, -0.1) is 21.5 Å². The van der Waals surface area contributed by atoms with Crippen molar-refractivity contribution in [2.24, 2.45) is 0 Å². The molecule has 0 radical (unpaired) electrons. The molecule has 9 nitrogen and oxygen atoms in total. The molecule has 2 aromatic heterocycles. The van der Waals surface area contributed by atoms with Gasteiger partial charge in [0.2, 0.25) is 5.82 Å². The Morgan fingerprint density at radius 2 is 1.93 bits per heavy atom. The summed E-state index contributed by atoms with van der Waals surface area (Å²) in [6.45, 7) is 0. The Hall–Kier alpha value is -3.68. The fraction of sp³-hybridized carbons (Fsp3) is 0.333. The highest BCUT2D eigenvalue weighted by atomic mass is 35.5. The van der Waals surface area contributed by atoms with Crippen molar-refractivity contribution >= 4 is 28.9 Å². The number of benzene rings is 2. The minimum atomic E-state index is -4.80. The summed E-state index contributed by atoms with van der Waals surface area (Å²) >= 11 is 7.67. The highest BCUT2D eigenvalue weighted by molar-refractivity contribution is 7.09. The predicted molar refractivity (Wildman–Crippen MR) is 143 cm³/mol. The summed E-state index contributed by atoms with van der Waals surface area (Å²) in [6.07, 6.45) is -6.15. The number of halogens is 4. The molecule has 2 aromatic carbocycles. The fourth-order valence-corrected chi connectivity index (χ4v) is 5.75. The number of carbonyl (C=O) groups is 1. The number of nitrogens with zero attached hydrogens (tertiary/aromatic N) is 4. The zero-order valence-electron chi connectivity index (χ0n) is 22.1. The van der Waals surface area contributed by atoms with E-state index in [4.69, 9.17) is 25.8 Å². The number of fused-ring (bicyclic) bond motifs is 3. The number of aryl methyl sites for hydroxylation is 1. The van der Waals surface area contributed by atoms with Crippen LogP contribution < -0.4 is 9.47 Å². The highest BCUT2D eigenvalue weighted by Crippen LogP contribution is 2.47. The van der Waals surface area contributed by atoms with E-state index >= 15 is 0 Å². The van der Waals surface area contributed by atoms with E-state index in [1.54, 1.807) is 29.6 Å². The molecule has 0 amide bonds. The van der Waals surface area contributed by atoms with Crippen molar-refractivity contribution in [2.45, 2.75) is 37.6 Å². The summed E-state index contributed by atoms with van der Waals surface area (Å²) < 4.78 is 66.0. The standard InChI is InChI=1S/C27H24ClF3N4O5S/c1-37-19-6-4-5-16(24(19)39-3)23-17-11-14(28)7-9-18(17)35-25(33-34-26(35)27(29,30)31)20(40-23)12-21-32-15(13-41-21)8-10-22(36)38-2/h4-7,9,11,13,20,23H,8,10,12H2,1-3H3. The highest BCUT2D eigenvalue weighted by Gasteiger charge is 2.43. The molecule has 14 heteroatoms. The molecule has 0 bridgehead atoms. The normalized spacial score (nSPS) is 16.5. The lowest BCUT2D eigenvalue weighted by Crippen LogP contribution is -2.17. The number of thiazole rings is 1. The van der Waals surface area contributed by atoms with Gasteiger partial charge in [-0.1, -0.05) is 23.7 Å². The summed E-state index contributed by atoms with van der Waals surface area (Å²) in [5.41, 5.74) is 1.70. The fourth-order valence-electron chi connectivity index (χ4n) is 4.71. The van der Waals surface area contributed by atoms with Crippen molar-refractivity contribution in [1.82, 2.24) is 19.7 Å². The number of rotatable bonds is 8. The Balaban J connectivity index is 1.65. The number of aromatic nitrogens is 4. The van der Waals surface area contributed by atoms with E-state index < -0.39 is 24.2 Å². The molecular formula is C27H24ClF3N4O5S. The first-order valence-corrected chi connectivity index (χ1v) is 13.6. The Labute approximate surface area is 241 Å². The van der Waals surface area contributed by atoms with E-state index in [0.29, 0.717) is 44.8 Å². The van der Waals surface area contributed by atoms with Crippen molar-refractivity contribution in [3.63, 3.8) is 0 Å². The van der Waals surface area contributed by atoms with Crippen molar-refractivity contribution in [2.75, 3.05) is 21.3 Å². The van der Waals surface area contributed by atoms with Crippen LogP contribution in [0, 0.1) is 0 Å². The predicted octanol–water partition coefficient (Wildman–Crippen LogP) is 5.92. The third-order valence-corrected chi connectivity index (χ3v) is 7.69. The first-order valence-electron chi connectivity index (χ1n) is 12.3. The van der Waals surface area contributed by atoms with Crippen LogP contribution in [0.1, 0.15) is 52.1 Å². The summed E-state index contributed by atoms with van der Waals surface area (Å²) in [6, 6.07) is 9.73. The van der Waals surface area contributed by atoms with Gasteiger partial charge in [0.05, 0.1) is 44.1 Å². The largest absolute Gasteiger partial charge is 0.493 e. The molecule has 2 unspecified atom stereocenters. The molecule has 41 heavy (non-hydrogen) atoms. The zero-order valence-corrected chi connectivity index (χ0v) is 23.6. The third-order valence-electron chi connectivity index (χ3n) is 6.53. The molecule has 2 atom stereocenters. The minimum Gasteiger partial charge on any atom is -0.493 e. The number of hydrogen-bond donors (Lipinski definition) is 0. The third kappa shape index (κ3) is 5.74. The summed E-state index contributed by atoms with van der Waals surface area (Å²) in [5.74, 6) is -0.829. The van der Waals surface area contributed by atoms with Crippen LogP contribution in [-0.2, 0) is 33.3 Å². The van der Waals surface area contributed by atoms with Crippen molar-refractivity contribution < 1.29 is 36.9 Å². The second-order valence-corrected chi connectivity index (χ2v) is 10.4. The Kier molecular flexibility index (Phi) is 8.20. The molecule has 0 saturated carbocycles. The van der Waals surface area contributed by atoms with Crippen molar-refractivity contribution in [3.8, 4) is 17.2 Å². The molecule has 0 saturated heterocycles. The quantitative estimate of drug-likeness (QED) is 0.227. The van der Waals surface area contributed by atoms with Gasteiger partial charge in [-0.05, 0) is 24.3 Å². The van der Waals surface area contributed by atoms with E-state index in [1.807, 2.05) is 0 Å². The summed E-state index contributed by atoms with van der Waals surface area (Å²) in [4.78, 5) is 16.1. The van der Waals surface area contributed by atoms with Crippen LogP contribution in [0.3, 0.4) is 0 Å². The number of esters is 1. The van der Waals surface area contributed by atoms with Gasteiger partial charge in [0, 0.05) is 34.4 Å². The number of carbonyl (C=O) groups excluding carboxylic acids is 1. The molecule has 216 valence electrons. The molecule has 0 spiro atoms. The van der Waals surface area contributed by atoms with E-state index in [1.165, 1.54) is 44.8 Å².